The molecule has 2 heterocycles. The zero-order chi connectivity index (χ0) is 8.55. The van der Waals surface area contributed by atoms with E-state index in [0.29, 0.717) is 10.6 Å². The Bertz CT molecular complexity index is 313. The first-order chi connectivity index (χ1) is 5.77. The Kier molecular flexibility index (Phi) is 1.88. The minimum Gasteiger partial charge on any atom is -0.383 e. The fourth-order valence-corrected chi connectivity index (χ4v) is 1.71. The molecule has 0 saturated heterocycles. The van der Waals surface area contributed by atoms with Crippen LogP contribution < -0.4 is 11.1 Å². The lowest BCUT2D eigenvalue weighted by Crippen LogP contribution is -2.16. The molecule has 64 valence electrons. The number of hydrogen-bond donors (Lipinski definition) is 2. The first-order valence-corrected chi connectivity index (χ1v) is 4.62. The van der Waals surface area contributed by atoms with Gasteiger partial charge in [0.1, 0.15) is 11.6 Å². The topological polar surface area (TPSA) is 63.8 Å². The Hall–Kier alpha value is -0.840. The largest absolute Gasteiger partial charge is 0.383 e. The highest BCUT2D eigenvalue weighted by molar-refractivity contribution is 9.10. The van der Waals surface area contributed by atoms with Crippen molar-refractivity contribution in [3.63, 3.8) is 0 Å². The number of fused-ring (bicyclic) bond motifs is 1. The van der Waals surface area contributed by atoms with E-state index in [1.54, 1.807) is 0 Å². The van der Waals surface area contributed by atoms with E-state index in [2.05, 4.69) is 31.2 Å². The molecule has 0 atom stereocenters. The second-order valence-electron chi connectivity index (χ2n) is 2.74. The van der Waals surface area contributed by atoms with Crippen molar-refractivity contribution in [1.82, 2.24) is 9.97 Å². The summed E-state index contributed by atoms with van der Waals surface area (Å²) in [4.78, 5) is 8.22. The average Bonchev–Trinajstić information content (AvgIpc) is 2.04. The van der Waals surface area contributed by atoms with Crippen LogP contribution in [0, 0.1) is 0 Å². The first kappa shape index (κ1) is 7.79. The van der Waals surface area contributed by atoms with Gasteiger partial charge in [0.25, 0.3) is 0 Å². The molecule has 0 radical (unpaired) electrons. The Balaban J connectivity index is 2.53. The van der Waals surface area contributed by atoms with Crippen LogP contribution >= 0.6 is 15.9 Å². The number of anilines is 2. The number of nitrogens with zero attached hydrogens (tertiary/aromatic N) is 2. The molecule has 5 heteroatoms. The Morgan fingerprint density at radius 2 is 2.25 bits per heavy atom. The summed E-state index contributed by atoms with van der Waals surface area (Å²) in [5.74, 6) is 1.46. The van der Waals surface area contributed by atoms with Crippen LogP contribution in [0.4, 0.5) is 11.6 Å². The van der Waals surface area contributed by atoms with Crippen molar-refractivity contribution in [2.75, 3.05) is 17.6 Å². The van der Waals surface area contributed by atoms with E-state index in [0.717, 1.165) is 30.8 Å². The smallest absolute Gasteiger partial charge is 0.200 e. The van der Waals surface area contributed by atoms with E-state index in [-0.39, 0.29) is 0 Å². The lowest BCUT2D eigenvalue weighted by Gasteiger charge is -2.17. The Labute approximate surface area is 78.7 Å². The fourth-order valence-electron chi connectivity index (χ4n) is 1.34. The molecular formula is C7H9BrN4. The first-order valence-electron chi connectivity index (χ1n) is 3.83. The van der Waals surface area contributed by atoms with Crippen molar-refractivity contribution in [2.45, 2.75) is 12.8 Å². The molecule has 0 fully saturated rings. The molecule has 0 saturated carbocycles. The molecule has 1 aliphatic rings. The van der Waals surface area contributed by atoms with Crippen LogP contribution in [0.1, 0.15) is 12.0 Å². The standard InChI is InChI=1S/C7H9BrN4/c8-7-11-5(9)4-2-1-3-10-6(4)12-7/h1-3H2,(H3,9,10,11,12). The summed E-state index contributed by atoms with van der Waals surface area (Å²) in [5, 5.41) is 3.18. The third-order valence-corrected chi connectivity index (χ3v) is 2.26. The summed E-state index contributed by atoms with van der Waals surface area (Å²) in [7, 11) is 0. The highest BCUT2D eigenvalue weighted by Crippen LogP contribution is 2.25. The molecule has 0 bridgehead atoms. The molecule has 2 rings (SSSR count). The van der Waals surface area contributed by atoms with Gasteiger partial charge in [0.05, 0.1) is 0 Å². The molecule has 4 nitrogen and oxygen atoms in total. The van der Waals surface area contributed by atoms with Gasteiger partial charge in [0, 0.05) is 12.1 Å². The van der Waals surface area contributed by atoms with Crippen LogP contribution in [0.2, 0.25) is 0 Å². The van der Waals surface area contributed by atoms with Crippen molar-refractivity contribution >= 4 is 27.6 Å². The van der Waals surface area contributed by atoms with Gasteiger partial charge in [0.15, 0.2) is 0 Å². The van der Waals surface area contributed by atoms with E-state index in [4.69, 9.17) is 5.73 Å². The third kappa shape index (κ3) is 1.24. The molecule has 3 N–H and O–H groups in total. The molecule has 12 heavy (non-hydrogen) atoms. The molecule has 0 aromatic carbocycles. The van der Waals surface area contributed by atoms with Gasteiger partial charge in [-0.25, -0.2) is 9.97 Å². The predicted octanol–water partition coefficient (Wildman–Crippen LogP) is 1.18. The highest BCUT2D eigenvalue weighted by atomic mass is 79.9. The van der Waals surface area contributed by atoms with Crippen molar-refractivity contribution in [3.05, 3.63) is 10.3 Å². The van der Waals surface area contributed by atoms with Crippen molar-refractivity contribution in [3.8, 4) is 0 Å². The van der Waals surface area contributed by atoms with Gasteiger partial charge >= 0.3 is 0 Å². The van der Waals surface area contributed by atoms with Crippen LogP contribution in [0.25, 0.3) is 0 Å². The maximum absolute atomic E-state index is 5.72. The summed E-state index contributed by atoms with van der Waals surface area (Å²) in [6.07, 6.45) is 2.07. The number of hydrogen-bond acceptors (Lipinski definition) is 4. The van der Waals surface area contributed by atoms with Gasteiger partial charge in [0.2, 0.25) is 4.73 Å². The van der Waals surface area contributed by atoms with E-state index in [9.17, 15) is 0 Å². The maximum atomic E-state index is 5.72. The molecule has 1 aromatic rings. The lowest BCUT2D eigenvalue weighted by atomic mass is 10.1. The van der Waals surface area contributed by atoms with E-state index in [1.165, 1.54) is 0 Å². The van der Waals surface area contributed by atoms with Crippen molar-refractivity contribution < 1.29 is 0 Å². The number of nitrogen functional groups attached to an aromatic ring is 1. The number of nitrogens with two attached hydrogens (primary N) is 1. The summed E-state index contributed by atoms with van der Waals surface area (Å²) >= 11 is 3.20. The van der Waals surface area contributed by atoms with Gasteiger partial charge in [-0.1, -0.05) is 0 Å². The molecule has 0 aliphatic carbocycles. The monoisotopic (exact) mass is 228 g/mol. The molecule has 0 amide bonds. The Morgan fingerprint density at radius 3 is 3.08 bits per heavy atom. The van der Waals surface area contributed by atoms with E-state index in [1.807, 2.05) is 0 Å². The predicted molar refractivity (Wildman–Crippen MR) is 51.0 cm³/mol. The molecule has 1 aromatic heterocycles. The van der Waals surface area contributed by atoms with Crippen LogP contribution in [0.5, 0.6) is 0 Å². The fraction of sp³-hybridized carbons (Fsp3) is 0.429. The second-order valence-corrected chi connectivity index (χ2v) is 3.44. The van der Waals surface area contributed by atoms with Crippen LogP contribution in [0.15, 0.2) is 4.73 Å². The third-order valence-electron chi connectivity index (χ3n) is 1.91. The SMILES string of the molecule is Nc1nc(Br)nc2c1CCCN2. The van der Waals surface area contributed by atoms with Crippen LogP contribution in [0.3, 0.4) is 0 Å². The highest BCUT2D eigenvalue weighted by Gasteiger charge is 2.14. The maximum Gasteiger partial charge on any atom is 0.200 e. The summed E-state index contributed by atoms with van der Waals surface area (Å²) < 4.78 is 0.549. The van der Waals surface area contributed by atoms with Gasteiger partial charge in [-0.15, -0.1) is 0 Å². The summed E-state index contributed by atoms with van der Waals surface area (Å²) in [5.41, 5.74) is 6.77. The number of aromatic nitrogens is 2. The zero-order valence-electron chi connectivity index (χ0n) is 6.47. The van der Waals surface area contributed by atoms with Gasteiger partial charge in [-0.05, 0) is 28.8 Å². The van der Waals surface area contributed by atoms with E-state index < -0.39 is 0 Å². The van der Waals surface area contributed by atoms with Crippen LogP contribution in [-0.4, -0.2) is 16.5 Å². The second kappa shape index (κ2) is 2.90. The summed E-state index contributed by atoms with van der Waals surface area (Å²) in [6.45, 7) is 0.968. The zero-order valence-corrected chi connectivity index (χ0v) is 8.06. The quantitative estimate of drug-likeness (QED) is 0.655. The minimum absolute atomic E-state index is 0.549. The number of rotatable bonds is 0. The lowest BCUT2D eigenvalue weighted by molar-refractivity contribution is 0.808. The van der Waals surface area contributed by atoms with Crippen molar-refractivity contribution in [2.24, 2.45) is 0 Å². The molecule has 1 aliphatic heterocycles. The average molecular weight is 229 g/mol. The summed E-state index contributed by atoms with van der Waals surface area (Å²) in [6, 6.07) is 0. The number of halogens is 1. The Morgan fingerprint density at radius 1 is 1.42 bits per heavy atom. The normalized spacial score (nSPS) is 15.1. The minimum atomic E-state index is 0.549. The molecular weight excluding hydrogens is 220 g/mol. The van der Waals surface area contributed by atoms with Gasteiger partial charge < -0.3 is 11.1 Å². The van der Waals surface area contributed by atoms with Gasteiger partial charge in [-0.3, -0.25) is 0 Å². The molecule has 0 spiro atoms. The van der Waals surface area contributed by atoms with E-state index >= 15 is 0 Å². The number of nitrogens with one attached hydrogen (secondary N) is 1. The van der Waals surface area contributed by atoms with Crippen molar-refractivity contribution in [1.29, 1.82) is 0 Å². The van der Waals surface area contributed by atoms with Gasteiger partial charge in [-0.2, -0.15) is 0 Å². The van der Waals surface area contributed by atoms with Crippen LogP contribution in [-0.2, 0) is 6.42 Å². The molecule has 0 unspecified atom stereocenters.